The Morgan fingerprint density at radius 3 is 2.59 bits per heavy atom. The summed E-state index contributed by atoms with van der Waals surface area (Å²) in [4.78, 5) is 0. The number of alkyl halides is 3. The standard InChI is InChI=1S/C12H15BrF3N/c1-8(17-7-12(14,15)16)6-10-4-3-5-11(13)9(10)2/h3-5,8,17H,6-7H2,1-2H3. The molecule has 0 spiro atoms. The Kier molecular flexibility index (Phi) is 5.01. The lowest BCUT2D eigenvalue weighted by atomic mass is 10.0. The quantitative estimate of drug-likeness (QED) is 0.891. The van der Waals surface area contributed by atoms with Crippen molar-refractivity contribution in [2.45, 2.75) is 32.5 Å². The van der Waals surface area contributed by atoms with Gasteiger partial charge in [-0.1, -0.05) is 28.1 Å². The van der Waals surface area contributed by atoms with E-state index in [0.717, 1.165) is 15.6 Å². The van der Waals surface area contributed by atoms with E-state index in [1.54, 1.807) is 6.92 Å². The van der Waals surface area contributed by atoms with Crippen molar-refractivity contribution >= 4 is 15.9 Å². The molecule has 0 bridgehead atoms. The lowest BCUT2D eigenvalue weighted by Gasteiger charge is -2.17. The molecule has 1 atom stereocenters. The van der Waals surface area contributed by atoms with E-state index in [-0.39, 0.29) is 6.04 Å². The second kappa shape index (κ2) is 5.87. The van der Waals surface area contributed by atoms with E-state index in [4.69, 9.17) is 0 Å². The molecule has 0 aliphatic heterocycles. The van der Waals surface area contributed by atoms with E-state index < -0.39 is 12.7 Å². The van der Waals surface area contributed by atoms with E-state index in [9.17, 15) is 13.2 Å². The third kappa shape index (κ3) is 5.08. The van der Waals surface area contributed by atoms with Crippen LogP contribution in [0.15, 0.2) is 22.7 Å². The van der Waals surface area contributed by atoms with Crippen molar-refractivity contribution in [3.05, 3.63) is 33.8 Å². The zero-order chi connectivity index (χ0) is 13.1. The second-order valence-corrected chi connectivity index (χ2v) is 4.98. The SMILES string of the molecule is Cc1c(Br)cccc1CC(C)NCC(F)(F)F. The van der Waals surface area contributed by atoms with Crippen LogP contribution in [0, 0.1) is 6.92 Å². The summed E-state index contributed by atoms with van der Waals surface area (Å²) in [5, 5.41) is 2.48. The summed E-state index contributed by atoms with van der Waals surface area (Å²) in [6.07, 6.45) is -3.57. The van der Waals surface area contributed by atoms with Crippen LogP contribution in [0.2, 0.25) is 0 Å². The predicted molar refractivity (Wildman–Crippen MR) is 66.1 cm³/mol. The molecule has 0 aromatic heterocycles. The van der Waals surface area contributed by atoms with Crippen molar-refractivity contribution < 1.29 is 13.2 Å². The minimum Gasteiger partial charge on any atom is -0.306 e. The third-order valence-corrected chi connectivity index (χ3v) is 3.42. The van der Waals surface area contributed by atoms with Crippen LogP contribution in [0.25, 0.3) is 0 Å². The minimum absolute atomic E-state index is 0.204. The molecule has 1 aromatic rings. The summed E-state index contributed by atoms with van der Waals surface area (Å²) in [7, 11) is 0. The van der Waals surface area contributed by atoms with Crippen molar-refractivity contribution in [2.75, 3.05) is 6.54 Å². The Bertz CT molecular complexity index is 377. The molecule has 0 fully saturated rings. The van der Waals surface area contributed by atoms with Crippen LogP contribution in [0.1, 0.15) is 18.1 Å². The van der Waals surface area contributed by atoms with Crippen LogP contribution in [0.4, 0.5) is 13.2 Å². The molecule has 1 N–H and O–H groups in total. The summed E-state index contributed by atoms with van der Waals surface area (Å²) in [5.74, 6) is 0. The first-order valence-corrected chi connectivity index (χ1v) is 6.13. The summed E-state index contributed by atoms with van der Waals surface area (Å²) in [6.45, 7) is 2.77. The van der Waals surface area contributed by atoms with Crippen LogP contribution in [0.3, 0.4) is 0 Å². The van der Waals surface area contributed by atoms with E-state index in [1.807, 2.05) is 25.1 Å². The molecule has 1 nitrogen and oxygen atoms in total. The summed E-state index contributed by atoms with van der Waals surface area (Å²) in [5.41, 5.74) is 2.13. The first-order valence-electron chi connectivity index (χ1n) is 5.33. The molecule has 0 saturated heterocycles. The largest absolute Gasteiger partial charge is 0.401 e. The minimum atomic E-state index is -4.15. The molecule has 0 radical (unpaired) electrons. The molecular formula is C12H15BrF3N. The normalized spacial score (nSPS) is 13.8. The predicted octanol–water partition coefficient (Wildman–Crippen LogP) is 3.84. The Labute approximate surface area is 108 Å². The average Bonchev–Trinajstić information content (AvgIpc) is 2.21. The molecule has 0 amide bonds. The Morgan fingerprint density at radius 2 is 2.00 bits per heavy atom. The van der Waals surface area contributed by atoms with E-state index in [1.165, 1.54) is 0 Å². The summed E-state index contributed by atoms with van der Waals surface area (Å²) in [6, 6.07) is 5.55. The van der Waals surface area contributed by atoms with Gasteiger partial charge in [-0.25, -0.2) is 0 Å². The zero-order valence-electron chi connectivity index (χ0n) is 9.74. The lowest BCUT2D eigenvalue weighted by molar-refractivity contribution is -0.126. The summed E-state index contributed by atoms with van der Waals surface area (Å²) < 4.78 is 37.1. The van der Waals surface area contributed by atoms with Gasteiger partial charge in [0.25, 0.3) is 0 Å². The van der Waals surface area contributed by atoms with Gasteiger partial charge in [-0.05, 0) is 37.5 Å². The molecule has 1 rings (SSSR count). The van der Waals surface area contributed by atoms with Crippen LogP contribution >= 0.6 is 15.9 Å². The van der Waals surface area contributed by atoms with Gasteiger partial charge in [-0.15, -0.1) is 0 Å². The van der Waals surface area contributed by atoms with Gasteiger partial charge in [0.1, 0.15) is 0 Å². The monoisotopic (exact) mass is 309 g/mol. The number of halogens is 4. The Hall–Kier alpha value is -0.550. The molecule has 17 heavy (non-hydrogen) atoms. The van der Waals surface area contributed by atoms with Crippen LogP contribution < -0.4 is 5.32 Å². The van der Waals surface area contributed by atoms with Gasteiger partial charge in [-0.2, -0.15) is 13.2 Å². The molecule has 0 heterocycles. The van der Waals surface area contributed by atoms with Crippen LogP contribution in [-0.2, 0) is 6.42 Å². The highest BCUT2D eigenvalue weighted by atomic mass is 79.9. The number of rotatable bonds is 4. The maximum Gasteiger partial charge on any atom is 0.401 e. The Balaban J connectivity index is 2.56. The number of hydrogen-bond donors (Lipinski definition) is 1. The van der Waals surface area contributed by atoms with Crippen molar-refractivity contribution in [3.8, 4) is 0 Å². The fraction of sp³-hybridized carbons (Fsp3) is 0.500. The Morgan fingerprint density at radius 1 is 1.35 bits per heavy atom. The average molecular weight is 310 g/mol. The van der Waals surface area contributed by atoms with Gasteiger partial charge in [0, 0.05) is 10.5 Å². The number of benzene rings is 1. The lowest BCUT2D eigenvalue weighted by Crippen LogP contribution is -2.36. The molecule has 0 aliphatic rings. The molecular weight excluding hydrogens is 295 g/mol. The molecule has 0 aliphatic carbocycles. The van der Waals surface area contributed by atoms with Crippen molar-refractivity contribution in [2.24, 2.45) is 0 Å². The zero-order valence-corrected chi connectivity index (χ0v) is 11.3. The van der Waals surface area contributed by atoms with E-state index in [0.29, 0.717) is 6.42 Å². The highest BCUT2D eigenvalue weighted by molar-refractivity contribution is 9.10. The molecule has 5 heteroatoms. The highest BCUT2D eigenvalue weighted by Gasteiger charge is 2.27. The molecule has 1 unspecified atom stereocenters. The van der Waals surface area contributed by atoms with Crippen LogP contribution in [-0.4, -0.2) is 18.8 Å². The van der Waals surface area contributed by atoms with Crippen LogP contribution in [0.5, 0.6) is 0 Å². The number of hydrogen-bond acceptors (Lipinski definition) is 1. The fourth-order valence-electron chi connectivity index (χ4n) is 1.57. The first-order chi connectivity index (χ1) is 7.79. The van der Waals surface area contributed by atoms with Gasteiger partial charge in [0.2, 0.25) is 0 Å². The van der Waals surface area contributed by atoms with Gasteiger partial charge in [-0.3, -0.25) is 0 Å². The fourth-order valence-corrected chi connectivity index (χ4v) is 1.97. The third-order valence-electron chi connectivity index (χ3n) is 2.56. The topological polar surface area (TPSA) is 12.0 Å². The molecule has 0 saturated carbocycles. The van der Waals surface area contributed by atoms with E-state index in [2.05, 4.69) is 21.2 Å². The van der Waals surface area contributed by atoms with Crippen molar-refractivity contribution in [1.29, 1.82) is 0 Å². The van der Waals surface area contributed by atoms with Gasteiger partial charge in [0.15, 0.2) is 0 Å². The highest BCUT2D eigenvalue weighted by Crippen LogP contribution is 2.20. The molecule has 1 aromatic carbocycles. The second-order valence-electron chi connectivity index (χ2n) is 4.13. The first kappa shape index (κ1) is 14.5. The van der Waals surface area contributed by atoms with Gasteiger partial charge in [0.05, 0.1) is 6.54 Å². The smallest absolute Gasteiger partial charge is 0.306 e. The van der Waals surface area contributed by atoms with Gasteiger partial charge >= 0.3 is 6.18 Å². The number of nitrogens with one attached hydrogen (secondary N) is 1. The maximum absolute atomic E-state index is 12.0. The van der Waals surface area contributed by atoms with Gasteiger partial charge < -0.3 is 5.32 Å². The van der Waals surface area contributed by atoms with Crippen molar-refractivity contribution in [3.63, 3.8) is 0 Å². The molecule has 96 valence electrons. The maximum atomic E-state index is 12.0. The van der Waals surface area contributed by atoms with Crippen molar-refractivity contribution in [1.82, 2.24) is 5.32 Å². The summed E-state index contributed by atoms with van der Waals surface area (Å²) >= 11 is 3.41. The van der Waals surface area contributed by atoms with E-state index >= 15 is 0 Å².